The van der Waals surface area contributed by atoms with Crippen molar-refractivity contribution >= 4 is 5.91 Å². The molecule has 1 spiro atoms. The topological polar surface area (TPSA) is 52.6 Å². The SMILES string of the molecule is CCC1CCC(C[C@@H](O)[C@@H]2Cc3cccc(C(=O)N4CCC5(CC4)CC5(F)F)c3CN2)CC1. The highest BCUT2D eigenvalue weighted by Gasteiger charge is 2.70. The first-order valence-corrected chi connectivity index (χ1v) is 13.0. The summed E-state index contributed by atoms with van der Waals surface area (Å²) >= 11 is 0. The van der Waals surface area contributed by atoms with Crippen LogP contribution in [0.2, 0.25) is 0 Å². The van der Waals surface area contributed by atoms with Crippen molar-refractivity contribution in [2.24, 2.45) is 17.3 Å². The zero-order chi connectivity index (χ0) is 23.2. The van der Waals surface area contributed by atoms with Gasteiger partial charge in [-0.2, -0.15) is 0 Å². The number of hydrogen-bond acceptors (Lipinski definition) is 3. The molecule has 33 heavy (non-hydrogen) atoms. The predicted octanol–water partition coefficient (Wildman–Crippen LogP) is 4.93. The van der Waals surface area contributed by atoms with Crippen molar-refractivity contribution in [3.63, 3.8) is 0 Å². The monoisotopic (exact) mass is 460 g/mol. The molecule has 5 rings (SSSR count). The molecule has 1 aromatic carbocycles. The third-order valence-electron chi connectivity index (χ3n) is 9.29. The lowest BCUT2D eigenvalue weighted by atomic mass is 9.77. The summed E-state index contributed by atoms with van der Waals surface area (Å²) in [5.74, 6) is -1.11. The molecule has 1 aromatic rings. The highest BCUT2D eigenvalue weighted by molar-refractivity contribution is 5.96. The van der Waals surface area contributed by atoms with Gasteiger partial charge in [-0.3, -0.25) is 4.79 Å². The molecule has 4 nitrogen and oxygen atoms in total. The van der Waals surface area contributed by atoms with Gasteiger partial charge in [0.2, 0.25) is 0 Å². The van der Waals surface area contributed by atoms with E-state index in [2.05, 4.69) is 18.3 Å². The fourth-order valence-electron chi connectivity index (χ4n) is 6.66. The summed E-state index contributed by atoms with van der Waals surface area (Å²) in [7, 11) is 0. The number of alkyl halides is 2. The number of halogens is 2. The van der Waals surface area contributed by atoms with E-state index in [9.17, 15) is 18.7 Å². The predicted molar refractivity (Wildman–Crippen MR) is 124 cm³/mol. The fraction of sp³-hybridized carbons (Fsp3) is 0.741. The van der Waals surface area contributed by atoms with Crippen LogP contribution in [0.25, 0.3) is 0 Å². The van der Waals surface area contributed by atoms with Gasteiger partial charge in [0.1, 0.15) is 0 Å². The van der Waals surface area contributed by atoms with E-state index < -0.39 is 11.3 Å². The van der Waals surface area contributed by atoms with E-state index in [0.717, 1.165) is 29.9 Å². The Kier molecular flexibility index (Phi) is 6.28. The Morgan fingerprint density at radius 2 is 1.85 bits per heavy atom. The van der Waals surface area contributed by atoms with Crippen LogP contribution < -0.4 is 5.32 Å². The number of likely N-dealkylation sites (tertiary alicyclic amines) is 1. The molecular weight excluding hydrogens is 422 g/mol. The Morgan fingerprint density at radius 3 is 2.48 bits per heavy atom. The molecule has 2 aliphatic heterocycles. The minimum absolute atomic E-state index is 0.0127. The second-order valence-electron chi connectivity index (χ2n) is 11.2. The van der Waals surface area contributed by atoms with Crippen molar-refractivity contribution in [3.8, 4) is 0 Å². The third-order valence-corrected chi connectivity index (χ3v) is 9.29. The van der Waals surface area contributed by atoms with E-state index in [1.54, 1.807) is 4.90 Å². The van der Waals surface area contributed by atoms with Gasteiger partial charge >= 0.3 is 0 Å². The number of nitrogens with one attached hydrogen (secondary N) is 1. The normalized spacial score (nSPS) is 31.2. The van der Waals surface area contributed by atoms with Crippen molar-refractivity contribution in [1.82, 2.24) is 10.2 Å². The van der Waals surface area contributed by atoms with Gasteiger partial charge in [0.15, 0.2) is 0 Å². The third kappa shape index (κ3) is 4.45. The zero-order valence-electron chi connectivity index (χ0n) is 19.8. The standard InChI is InChI=1S/C27H38F2N2O2/c1-2-18-6-8-19(9-7-18)14-24(32)23-15-20-4-3-5-21(22(20)16-30-23)25(33)31-12-10-26(11-13-31)17-27(26,28)29/h3-5,18-19,23-24,30,32H,2,6-17H2,1H3/t18?,19?,23-,24+/m0/s1. The maximum absolute atomic E-state index is 13.7. The van der Waals surface area contributed by atoms with Gasteiger partial charge in [0, 0.05) is 43.1 Å². The molecule has 2 aliphatic carbocycles. The average molecular weight is 461 g/mol. The molecule has 182 valence electrons. The first kappa shape index (κ1) is 23.2. The van der Waals surface area contributed by atoms with Crippen molar-refractivity contribution < 1.29 is 18.7 Å². The van der Waals surface area contributed by atoms with Crippen LogP contribution in [-0.2, 0) is 13.0 Å². The van der Waals surface area contributed by atoms with Crippen molar-refractivity contribution in [3.05, 3.63) is 34.9 Å². The van der Waals surface area contributed by atoms with Crippen LogP contribution in [-0.4, -0.2) is 47.1 Å². The number of nitrogens with zero attached hydrogens (tertiary/aromatic N) is 1. The molecule has 1 saturated heterocycles. The van der Waals surface area contributed by atoms with Gasteiger partial charge in [-0.05, 0) is 54.7 Å². The number of benzene rings is 1. The average Bonchev–Trinajstić information content (AvgIpc) is 3.37. The highest BCUT2D eigenvalue weighted by atomic mass is 19.3. The largest absolute Gasteiger partial charge is 0.391 e. The zero-order valence-corrected chi connectivity index (χ0v) is 19.8. The minimum atomic E-state index is -2.54. The molecule has 0 radical (unpaired) electrons. The molecule has 6 heteroatoms. The summed E-state index contributed by atoms with van der Waals surface area (Å²) in [4.78, 5) is 15.0. The Bertz CT molecular complexity index is 873. The highest BCUT2D eigenvalue weighted by Crippen LogP contribution is 2.65. The Balaban J connectivity index is 1.19. The molecule has 2 heterocycles. The number of piperidine rings is 1. The first-order chi connectivity index (χ1) is 15.8. The number of hydrogen-bond donors (Lipinski definition) is 2. The molecule has 4 aliphatic rings. The van der Waals surface area contributed by atoms with Gasteiger partial charge in [0.05, 0.1) is 6.10 Å². The minimum Gasteiger partial charge on any atom is -0.391 e. The summed E-state index contributed by atoms with van der Waals surface area (Å²) < 4.78 is 27.4. The second kappa shape index (κ2) is 8.92. The molecule has 0 bridgehead atoms. The van der Waals surface area contributed by atoms with E-state index in [1.807, 2.05) is 12.1 Å². The summed E-state index contributed by atoms with van der Waals surface area (Å²) in [6, 6.07) is 5.86. The number of rotatable bonds is 5. The number of fused-ring (bicyclic) bond motifs is 1. The molecular formula is C27H38F2N2O2. The van der Waals surface area contributed by atoms with E-state index >= 15 is 0 Å². The van der Waals surface area contributed by atoms with Crippen LogP contribution >= 0.6 is 0 Å². The van der Waals surface area contributed by atoms with Crippen LogP contribution in [0.5, 0.6) is 0 Å². The molecule has 0 aromatic heterocycles. The number of aliphatic hydroxyl groups excluding tert-OH is 1. The van der Waals surface area contributed by atoms with Crippen LogP contribution in [0.1, 0.15) is 86.2 Å². The summed E-state index contributed by atoms with van der Waals surface area (Å²) in [5.41, 5.74) is 1.97. The summed E-state index contributed by atoms with van der Waals surface area (Å²) in [5, 5.41) is 14.5. The van der Waals surface area contributed by atoms with Crippen molar-refractivity contribution in [2.45, 2.75) is 95.7 Å². The number of carbonyl (C=O) groups excluding carboxylic acids is 1. The molecule has 2 atom stereocenters. The first-order valence-electron chi connectivity index (χ1n) is 13.0. The fourth-order valence-corrected chi connectivity index (χ4v) is 6.66. The lowest BCUT2D eigenvalue weighted by Crippen LogP contribution is -2.46. The van der Waals surface area contributed by atoms with E-state index in [4.69, 9.17) is 0 Å². The van der Waals surface area contributed by atoms with Gasteiger partial charge < -0.3 is 15.3 Å². The number of amides is 1. The van der Waals surface area contributed by atoms with Gasteiger partial charge in [-0.1, -0.05) is 51.2 Å². The van der Waals surface area contributed by atoms with Crippen molar-refractivity contribution in [2.75, 3.05) is 13.1 Å². The molecule has 2 saturated carbocycles. The maximum Gasteiger partial charge on any atom is 0.254 e. The quantitative estimate of drug-likeness (QED) is 0.655. The Hall–Kier alpha value is -1.53. The van der Waals surface area contributed by atoms with E-state index in [0.29, 0.717) is 44.0 Å². The lowest BCUT2D eigenvalue weighted by molar-refractivity contribution is 0.0283. The number of aliphatic hydroxyl groups is 1. The Morgan fingerprint density at radius 1 is 1.18 bits per heavy atom. The van der Waals surface area contributed by atoms with Gasteiger partial charge in [0.25, 0.3) is 11.8 Å². The molecule has 2 N–H and O–H groups in total. The smallest absolute Gasteiger partial charge is 0.254 e. The summed E-state index contributed by atoms with van der Waals surface area (Å²) in [6.07, 6.45) is 8.25. The maximum atomic E-state index is 13.7. The van der Waals surface area contributed by atoms with Gasteiger partial charge in [-0.25, -0.2) is 8.78 Å². The lowest BCUT2D eigenvalue weighted by Gasteiger charge is -2.36. The van der Waals surface area contributed by atoms with Crippen LogP contribution in [0.3, 0.4) is 0 Å². The molecule has 3 fully saturated rings. The van der Waals surface area contributed by atoms with Gasteiger partial charge in [-0.15, -0.1) is 0 Å². The Labute approximate surface area is 196 Å². The summed E-state index contributed by atoms with van der Waals surface area (Å²) in [6.45, 7) is 3.66. The van der Waals surface area contributed by atoms with Crippen LogP contribution in [0, 0.1) is 17.3 Å². The van der Waals surface area contributed by atoms with Crippen LogP contribution in [0.4, 0.5) is 8.78 Å². The number of carbonyl (C=O) groups is 1. The molecule has 0 unspecified atom stereocenters. The van der Waals surface area contributed by atoms with Crippen molar-refractivity contribution in [1.29, 1.82) is 0 Å². The second-order valence-corrected chi connectivity index (χ2v) is 11.2. The van der Waals surface area contributed by atoms with E-state index in [1.165, 1.54) is 32.1 Å². The van der Waals surface area contributed by atoms with Crippen LogP contribution in [0.15, 0.2) is 18.2 Å². The molecule has 1 amide bonds. The van der Waals surface area contributed by atoms with E-state index in [-0.39, 0.29) is 24.5 Å².